The maximum absolute atomic E-state index is 5.82. The predicted octanol–water partition coefficient (Wildman–Crippen LogP) is 4.35. The number of aryl methyl sites for hydroxylation is 1. The zero-order chi connectivity index (χ0) is 16.9. The standard InChI is InChI=1S/C18H19N3O3/c1-12(18-21-20-13(2)23-18)19-14-7-9-15(10-8-14)24-17-6-4-5-16(11-17)22-3/h4-12,19H,1-3H3/t12-/m0/s1. The summed E-state index contributed by atoms with van der Waals surface area (Å²) < 4.78 is 16.4. The van der Waals surface area contributed by atoms with Gasteiger partial charge in [-0.25, -0.2) is 0 Å². The average Bonchev–Trinajstić information content (AvgIpc) is 3.03. The lowest BCUT2D eigenvalue weighted by atomic mass is 10.2. The molecule has 0 aliphatic rings. The highest BCUT2D eigenvalue weighted by Crippen LogP contribution is 2.27. The van der Waals surface area contributed by atoms with Gasteiger partial charge in [-0.1, -0.05) is 6.07 Å². The van der Waals surface area contributed by atoms with Crippen molar-refractivity contribution >= 4 is 5.69 Å². The van der Waals surface area contributed by atoms with E-state index in [1.807, 2.05) is 55.5 Å². The maximum Gasteiger partial charge on any atom is 0.238 e. The molecule has 1 atom stereocenters. The summed E-state index contributed by atoms with van der Waals surface area (Å²) in [6, 6.07) is 15.1. The van der Waals surface area contributed by atoms with Crippen molar-refractivity contribution < 1.29 is 13.9 Å². The van der Waals surface area contributed by atoms with E-state index in [4.69, 9.17) is 13.9 Å². The SMILES string of the molecule is COc1cccc(Oc2ccc(N[C@@H](C)c3nnc(C)o3)cc2)c1. The molecule has 124 valence electrons. The van der Waals surface area contributed by atoms with Crippen molar-refractivity contribution in [3.8, 4) is 17.2 Å². The molecule has 0 unspecified atom stereocenters. The molecule has 0 amide bonds. The summed E-state index contributed by atoms with van der Waals surface area (Å²) in [7, 11) is 1.63. The van der Waals surface area contributed by atoms with Crippen molar-refractivity contribution in [1.82, 2.24) is 10.2 Å². The summed E-state index contributed by atoms with van der Waals surface area (Å²) in [6.07, 6.45) is 0. The minimum Gasteiger partial charge on any atom is -0.497 e. The van der Waals surface area contributed by atoms with E-state index in [0.717, 1.165) is 22.9 Å². The fourth-order valence-corrected chi connectivity index (χ4v) is 2.22. The Hall–Kier alpha value is -3.02. The molecule has 0 aliphatic heterocycles. The van der Waals surface area contributed by atoms with Crippen LogP contribution in [0.2, 0.25) is 0 Å². The van der Waals surface area contributed by atoms with Gasteiger partial charge in [-0.15, -0.1) is 10.2 Å². The van der Waals surface area contributed by atoms with Crippen LogP contribution < -0.4 is 14.8 Å². The first-order chi connectivity index (χ1) is 11.6. The van der Waals surface area contributed by atoms with Crippen LogP contribution in [0.15, 0.2) is 52.9 Å². The zero-order valence-corrected chi connectivity index (χ0v) is 13.8. The Bertz CT molecular complexity index is 799. The van der Waals surface area contributed by atoms with E-state index in [2.05, 4.69) is 15.5 Å². The van der Waals surface area contributed by atoms with Crippen LogP contribution in [0, 0.1) is 6.92 Å². The zero-order valence-electron chi connectivity index (χ0n) is 13.8. The fraction of sp³-hybridized carbons (Fsp3) is 0.222. The highest BCUT2D eigenvalue weighted by Gasteiger charge is 2.12. The lowest BCUT2D eigenvalue weighted by molar-refractivity contribution is 0.409. The Labute approximate surface area is 140 Å². The number of hydrogen-bond donors (Lipinski definition) is 1. The highest BCUT2D eigenvalue weighted by molar-refractivity contribution is 5.48. The Balaban J connectivity index is 1.64. The lowest BCUT2D eigenvalue weighted by Gasteiger charge is -2.12. The molecule has 1 heterocycles. The van der Waals surface area contributed by atoms with Crippen molar-refractivity contribution in [1.29, 1.82) is 0 Å². The fourth-order valence-electron chi connectivity index (χ4n) is 2.22. The number of nitrogens with zero attached hydrogens (tertiary/aromatic N) is 2. The summed E-state index contributed by atoms with van der Waals surface area (Å²) in [6.45, 7) is 3.74. The van der Waals surface area contributed by atoms with E-state index in [9.17, 15) is 0 Å². The summed E-state index contributed by atoms with van der Waals surface area (Å²) in [4.78, 5) is 0. The number of hydrogen-bond acceptors (Lipinski definition) is 6. The Kier molecular flexibility index (Phi) is 4.65. The van der Waals surface area contributed by atoms with Crippen molar-refractivity contribution in [2.24, 2.45) is 0 Å². The van der Waals surface area contributed by atoms with Gasteiger partial charge in [0.1, 0.15) is 23.3 Å². The molecule has 6 heteroatoms. The molecule has 2 aromatic carbocycles. The summed E-state index contributed by atoms with van der Waals surface area (Å²) >= 11 is 0. The molecule has 3 rings (SSSR count). The van der Waals surface area contributed by atoms with Crippen LogP contribution in [-0.4, -0.2) is 17.3 Å². The van der Waals surface area contributed by atoms with Gasteiger partial charge in [-0.05, 0) is 43.3 Å². The minimum absolute atomic E-state index is 0.0728. The van der Waals surface area contributed by atoms with Gasteiger partial charge in [0.2, 0.25) is 11.8 Å². The van der Waals surface area contributed by atoms with E-state index in [0.29, 0.717) is 11.8 Å². The quantitative estimate of drug-likeness (QED) is 0.726. The highest BCUT2D eigenvalue weighted by atomic mass is 16.5. The number of benzene rings is 2. The smallest absolute Gasteiger partial charge is 0.238 e. The number of aromatic nitrogens is 2. The third-order valence-electron chi connectivity index (χ3n) is 3.43. The number of anilines is 1. The summed E-state index contributed by atoms with van der Waals surface area (Å²) in [5.41, 5.74) is 0.941. The number of rotatable bonds is 6. The average molecular weight is 325 g/mol. The molecule has 1 aromatic heterocycles. The molecule has 1 N–H and O–H groups in total. The Morgan fingerprint density at radius 3 is 2.42 bits per heavy atom. The van der Waals surface area contributed by atoms with Crippen LogP contribution in [0.1, 0.15) is 24.7 Å². The second kappa shape index (κ2) is 7.04. The second-order valence-corrected chi connectivity index (χ2v) is 5.33. The molecule has 0 aliphatic carbocycles. The molecule has 0 fully saturated rings. The Morgan fingerprint density at radius 2 is 1.75 bits per heavy atom. The molecule has 24 heavy (non-hydrogen) atoms. The number of ether oxygens (including phenoxy) is 2. The molecule has 0 saturated carbocycles. The Morgan fingerprint density at radius 1 is 1.00 bits per heavy atom. The first kappa shape index (κ1) is 15.9. The van der Waals surface area contributed by atoms with Crippen LogP contribution >= 0.6 is 0 Å². The first-order valence-corrected chi connectivity index (χ1v) is 7.62. The molecule has 0 bridgehead atoms. The molecular formula is C18H19N3O3. The van der Waals surface area contributed by atoms with E-state index in [-0.39, 0.29) is 6.04 Å². The third kappa shape index (κ3) is 3.84. The van der Waals surface area contributed by atoms with Gasteiger partial charge in [0.05, 0.1) is 7.11 Å². The lowest BCUT2D eigenvalue weighted by Crippen LogP contribution is -2.06. The van der Waals surface area contributed by atoms with Crippen molar-refractivity contribution in [3.63, 3.8) is 0 Å². The van der Waals surface area contributed by atoms with Gasteiger partial charge in [0.15, 0.2) is 0 Å². The predicted molar refractivity (Wildman–Crippen MR) is 90.6 cm³/mol. The van der Waals surface area contributed by atoms with Gasteiger partial charge in [0.25, 0.3) is 0 Å². The first-order valence-electron chi connectivity index (χ1n) is 7.62. The van der Waals surface area contributed by atoms with E-state index < -0.39 is 0 Å². The van der Waals surface area contributed by atoms with E-state index in [1.165, 1.54) is 0 Å². The van der Waals surface area contributed by atoms with Gasteiger partial charge >= 0.3 is 0 Å². The van der Waals surface area contributed by atoms with Crippen LogP contribution in [0.3, 0.4) is 0 Å². The van der Waals surface area contributed by atoms with Gasteiger partial charge in [-0.2, -0.15) is 0 Å². The van der Waals surface area contributed by atoms with Crippen molar-refractivity contribution in [2.75, 3.05) is 12.4 Å². The van der Waals surface area contributed by atoms with Gasteiger partial charge in [0, 0.05) is 18.7 Å². The molecular weight excluding hydrogens is 306 g/mol. The van der Waals surface area contributed by atoms with Crippen LogP contribution in [0.5, 0.6) is 17.2 Å². The number of methoxy groups -OCH3 is 1. The molecule has 0 radical (unpaired) electrons. The molecule has 3 aromatic rings. The van der Waals surface area contributed by atoms with Crippen LogP contribution in [0.25, 0.3) is 0 Å². The van der Waals surface area contributed by atoms with Gasteiger partial charge in [-0.3, -0.25) is 0 Å². The minimum atomic E-state index is -0.0728. The monoisotopic (exact) mass is 325 g/mol. The normalized spacial score (nSPS) is 11.8. The van der Waals surface area contributed by atoms with E-state index in [1.54, 1.807) is 14.0 Å². The van der Waals surface area contributed by atoms with Crippen LogP contribution in [-0.2, 0) is 0 Å². The topological polar surface area (TPSA) is 69.4 Å². The van der Waals surface area contributed by atoms with E-state index >= 15 is 0 Å². The van der Waals surface area contributed by atoms with Crippen molar-refractivity contribution in [3.05, 3.63) is 60.3 Å². The maximum atomic E-state index is 5.82. The van der Waals surface area contributed by atoms with Crippen LogP contribution in [0.4, 0.5) is 5.69 Å². The molecule has 6 nitrogen and oxygen atoms in total. The van der Waals surface area contributed by atoms with Gasteiger partial charge < -0.3 is 19.2 Å². The van der Waals surface area contributed by atoms with Crippen molar-refractivity contribution in [2.45, 2.75) is 19.9 Å². The molecule has 0 spiro atoms. The summed E-state index contributed by atoms with van der Waals surface area (Å²) in [5, 5.41) is 11.2. The summed E-state index contributed by atoms with van der Waals surface area (Å²) in [5.74, 6) is 3.35. The second-order valence-electron chi connectivity index (χ2n) is 5.33. The number of nitrogens with one attached hydrogen (secondary N) is 1. The third-order valence-corrected chi connectivity index (χ3v) is 3.43. The largest absolute Gasteiger partial charge is 0.497 e. The molecule has 0 saturated heterocycles.